The van der Waals surface area contributed by atoms with Gasteiger partial charge in [-0.3, -0.25) is 4.40 Å². The highest BCUT2D eigenvalue weighted by Gasteiger charge is 1.95. The highest BCUT2D eigenvalue weighted by atomic mass is 15.3. The summed E-state index contributed by atoms with van der Waals surface area (Å²) in [5, 5.41) is 11.7. The molecule has 0 atom stereocenters. The van der Waals surface area contributed by atoms with Crippen molar-refractivity contribution < 1.29 is 0 Å². The van der Waals surface area contributed by atoms with E-state index in [-0.39, 0.29) is 0 Å². The summed E-state index contributed by atoms with van der Waals surface area (Å²) in [6.45, 7) is 4.04. The number of pyridine rings is 2. The molecule has 0 N–H and O–H groups in total. The number of hydrogen-bond donors (Lipinski definition) is 0. The normalized spacial score (nSPS) is 10.5. The lowest BCUT2D eigenvalue weighted by atomic mass is 10.3. The summed E-state index contributed by atoms with van der Waals surface area (Å²) in [6.07, 6.45) is 7.07. The predicted octanol–water partition coefficient (Wildman–Crippen LogP) is 2.08. The smallest absolute Gasteiger partial charge is 0.163 e. The Hall–Kier alpha value is -2.76. The first-order valence-corrected chi connectivity index (χ1v) is 6.25. The first-order valence-electron chi connectivity index (χ1n) is 6.25. The fraction of sp³-hybridized carbons (Fsp3) is 0.143. The van der Waals surface area contributed by atoms with Crippen LogP contribution in [-0.4, -0.2) is 29.2 Å². The Kier molecular flexibility index (Phi) is 3.12. The van der Waals surface area contributed by atoms with E-state index in [1.807, 2.05) is 54.9 Å². The molecule has 0 spiro atoms. The third-order valence-corrected chi connectivity index (χ3v) is 3.02. The molecule has 0 aliphatic carbocycles. The van der Waals surface area contributed by atoms with Crippen LogP contribution in [0.15, 0.2) is 49.3 Å². The summed E-state index contributed by atoms with van der Waals surface area (Å²) in [7, 11) is 0. The standard InChI is InChI=1S/2C7H7N3/c1-6-3-2-4-10-5-8-9-7(6)10;1-6-3-2-4-10-7(6)8-5-9-10/h2*2-5H,1H3. The van der Waals surface area contributed by atoms with Gasteiger partial charge < -0.3 is 0 Å². The number of aryl methyl sites for hydroxylation is 2. The fourth-order valence-electron chi connectivity index (χ4n) is 1.97. The second-order valence-corrected chi connectivity index (χ2v) is 4.47. The van der Waals surface area contributed by atoms with E-state index in [0.717, 1.165) is 22.4 Å². The van der Waals surface area contributed by atoms with Gasteiger partial charge in [-0.1, -0.05) is 12.1 Å². The Labute approximate surface area is 115 Å². The SMILES string of the molecule is Cc1cccn2cnnc12.Cc1cccn2ncnc12. The van der Waals surface area contributed by atoms with Crippen molar-refractivity contribution in [2.24, 2.45) is 0 Å². The van der Waals surface area contributed by atoms with E-state index in [1.54, 1.807) is 17.2 Å². The van der Waals surface area contributed by atoms with Gasteiger partial charge in [0, 0.05) is 12.4 Å². The Balaban J connectivity index is 0.000000121. The highest BCUT2D eigenvalue weighted by Crippen LogP contribution is 2.04. The van der Waals surface area contributed by atoms with Gasteiger partial charge in [-0.05, 0) is 37.1 Å². The van der Waals surface area contributed by atoms with Crippen LogP contribution in [0, 0.1) is 13.8 Å². The summed E-state index contributed by atoms with van der Waals surface area (Å²) < 4.78 is 3.66. The van der Waals surface area contributed by atoms with Crippen LogP contribution < -0.4 is 0 Å². The van der Waals surface area contributed by atoms with Gasteiger partial charge in [0.15, 0.2) is 11.3 Å². The molecule has 4 heterocycles. The average Bonchev–Trinajstić information content (AvgIpc) is 3.08. The monoisotopic (exact) mass is 266 g/mol. The molecular formula is C14H14N6. The van der Waals surface area contributed by atoms with Crippen molar-refractivity contribution in [3.05, 3.63) is 60.4 Å². The Bertz CT molecular complexity index is 773. The van der Waals surface area contributed by atoms with E-state index in [1.165, 1.54) is 0 Å². The molecule has 6 nitrogen and oxygen atoms in total. The summed E-state index contributed by atoms with van der Waals surface area (Å²) in [5.74, 6) is 0. The van der Waals surface area contributed by atoms with Crippen LogP contribution in [0.5, 0.6) is 0 Å². The zero-order valence-corrected chi connectivity index (χ0v) is 11.3. The molecule has 0 aliphatic rings. The van der Waals surface area contributed by atoms with Crippen LogP contribution >= 0.6 is 0 Å². The first-order chi connectivity index (χ1) is 9.75. The van der Waals surface area contributed by atoms with E-state index in [9.17, 15) is 0 Å². The van der Waals surface area contributed by atoms with Gasteiger partial charge in [0.2, 0.25) is 0 Å². The van der Waals surface area contributed by atoms with Crippen LogP contribution in [-0.2, 0) is 0 Å². The topological polar surface area (TPSA) is 60.4 Å². The molecule has 6 heteroatoms. The number of aromatic nitrogens is 6. The van der Waals surface area contributed by atoms with E-state index in [0.29, 0.717) is 0 Å². The summed E-state index contributed by atoms with van der Waals surface area (Å²) in [6, 6.07) is 7.97. The summed E-state index contributed by atoms with van der Waals surface area (Å²) >= 11 is 0. The van der Waals surface area contributed by atoms with Crippen molar-refractivity contribution in [3.8, 4) is 0 Å². The zero-order chi connectivity index (χ0) is 13.9. The number of fused-ring (bicyclic) bond motifs is 2. The van der Waals surface area contributed by atoms with Gasteiger partial charge in [0.05, 0.1) is 0 Å². The average molecular weight is 266 g/mol. The van der Waals surface area contributed by atoms with Crippen LogP contribution in [0.2, 0.25) is 0 Å². The molecule has 0 fully saturated rings. The van der Waals surface area contributed by atoms with Gasteiger partial charge in [-0.2, -0.15) is 5.10 Å². The maximum Gasteiger partial charge on any atom is 0.163 e. The van der Waals surface area contributed by atoms with Crippen molar-refractivity contribution >= 4 is 11.3 Å². The molecule has 4 aromatic rings. The molecule has 100 valence electrons. The van der Waals surface area contributed by atoms with E-state index in [4.69, 9.17) is 0 Å². The Morgan fingerprint density at radius 2 is 1.70 bits per heavy atom. The van der Waals surface area contributed by atoms with Crippen LogP contribution in [0.3, 0.4) is 0 Å². The quantitative estimate of drug-likeness (QED) is 0.489. The van der Waals surface area contributed by atoms with E-state index in [2.05, 4.69) is 20.3 Å². The molecule has 0 amide bonds. The number of nitrogens with zero attached hydrogens (tertiary/aromatic N) is 6. The first kappa shape index (κ1) is 12.3. The summed E-state index contributed by atoms with van der Waals surface area (Å²) in [5.41, 5.74) is 4.17. The van der Waals surface area contributed by atoms with Gasteiger partial charge >= 0.3 is 0 Å². The van der Waals surface area contributed by atoms with Gasteiger partial charge in [-0.25, -0.2) is 9.50 Å². The maximum absolute atomic E-state index is 4.07. The predicted molar refractivity (Wildman–Crippen MR) is 75.4 cm³/mol. The fourth-order valence-corrected chi connectivity index (χ4v) is 1.97. The molecule has 0 bridgehead atoms. The second-order valence-electron chi connectivity index (χ2n) is 4.47. The molecule has 0 radical (unpaired) electrons. The third-order valence-electron chi connectivity index (χ3n) is 3.02. The van der Waals surface area contributed by atoms with Crippen molar-refractivity contribution in [2.45, 2.75) is 13.8 Å². The molecule has 0 saturated heterocycles. The molecule has 4 aromatic heterocycles. The molecule has 0 aliphatic heterocycles. The number of rotatable bonds is 0. The second kappa shape index (κ2) is 5.08. The lowest BCUT2D eigenvalue weighted by Crippen LogP contribution is -1.87. The molecule has 20 heavy (non-hydrogen) atoms. The van der Waals surface area contributed by atoms with Crippen molar-refractivity contribution in [2.75, 3.05) is 0 Å². The van der Waals surface area contributed by atoms with Gasteiger partial charge in [0.25, 0.3) is 0 Å². The molecular weight excluding hydrogens is 252 g/mol. The number of hydrogen-bond acceptors (Lipinski definition) is 4. The Morgan fingerprint density at radius 1 is 0.950 bits per heavy atom. The molecule has 0 unspecified atom stereocenters. The highest BCUT2D eigenvalue weighted by molar-refractivity contribution is 5.45. The van der Waals surface area contributed by atoms with Crippen LogP contribution in [0.1, 0.15) is 11.1 Å². The van der Waals surface area contributed by atoms with Crippen molar-refractivity contribution in [3.63, 3.8) is 0 Å². The minimum atomic E-state index is 0.933. The largest absolute Gasteiger partial charge is 0.289 e. The molecule has 4 rings (SSSR count). The van der Waals surface area contributed by atoms with E-state index < -0.39 is 0 Å². The Morgan fingerprint density at radius 3 is 2.45 bits per heavy atom. The van der Waals surface area contributed by atoms with Gasteiger partial charge in [0.1, 0.15) is 12.7 Å². The van der Waals surface area contributed by atoms with Crippen molar-refractivity contribution in [1.29, 1.82) is 0 Å². The lowest BCUT2D eigenvalue weighted by Gasteiger charge is -1.92. The summed E-state index contributed by atoms with van der Waals surface area (Å²) in [4.78, 5) is 4.07. The minimum absolute atomic E-state index is 0.933. The van der Waals surface area contributed by atoms with E-state index >= 15 is 0 Å². The molecule has 0 aromatic carbocycles. The van der Waals surface area contributed by atoms with Crippen LogP contribution in [0.25, 0.3) is 11.3 Å². The molecule has 0 saturated carbocycles. The van der Waals surface area contributed by atoms with Crippen LogP contribution in [0.4, 0.5) is 0 Å². The maximum atomic E-state index is 4.07. The third kappa shape index (κ3) is 2.23. The lowest BCUT2D eigenvalue weighted by molar-refractivity contribution is 0.956. The van der Waals surface area contributed by atoms with Crippen molar-refractivity contribution in [1.82, 2.24) is 29.2 Å². The zero-order valence-electron chi connectivity index (χ0n) is 11.3. The minimum Gasteiger partial charge on any atom is -0.289 e. The van der Waals surface area contributed by atoms with Gasteiger partial charge in [-0.15, -0.1) is 10.2 Å².